The van der Waals surface area contributed by atoms with Crippen LogP contribution in [0, 0.1) is 0 Å². The Morgan fingerprint density at radius 2 is 2.00 bits per heavy atom. The number of allylic oxidation sites excluding steroid dienone is 2. The van der Waals surface area contributed by atoms with Gasteiger partial charge < -0.3 is 40.2 Å². The summed E-state index contributed by atoms with van der Waals surface area (Å²) < 4.78 is 0. The Hall–Kier alpha value is -0.131. The van der Waals surface area contributed by atoms with Gasteiger partial charge in [-0.15, -0.1) is 5.70 Å². The maximum atomic E-state index is 10.7. The van der Waals surface area contributed by atoms with Gasteiger partial charge in [-0.2, -0.15) is 0 Å². The van der Waals surface area contributed by atoms with E-state index >= 15 is 0 Å². The van der Waals surface area contributed by atoms with Gasteiger partial charge in [-0.3, -0.25) is 0 Å². The SMILES string of the molecule is O=C([S-])C1=CC=CC(C(=O)[S-])[N-]1.[Cl][Cu]. The third-order valence-corrected chi connectivity index (χ3v) is 1.73. The molecule has 1 atom stereocenters. The maximum absolute atomic E-state index is 10.7. The van der Waals surface area contributed by atoms with Crippen molar-refractivity contribution >= 4 is 45.6 Å². The summed E-state index contributed by atoms with van der Waals surface area (Å²) in [5.74, 6) is 0. The zero-order valence-electron chi connectivity index (χ0n) is 6.57. The van der Waals surface area contributed by atoms with Crippen LogP contribution < -0.4 is 0 Å². The molecule has 0 saturated carbocycles. The summed E-state index contributed by atoms with van der Waals surface area (Å²) in [7, 11) is 4.20. The molecule has 0 spiro atoms. The van der Waals surface area contributed by atoms with E-state index in [0.717, 1.165) is 0 Å². The van der Waals surface area contributed by atoms with Gasteiger partial charge in [0.15, 0.2) is 0 Å². The van der Waals surface area contributed by atoms with E-state index in [2.05, 4.69) is 55.8 Å². The van der Waals surface area contributed by atoms with E-state index in [9.17, 15) is 9.59 Å². The van der Waals surface area contributed by atoms with Crippen LogP contribution in [0.25, 0.3) is 5.32 Å². The van der Waals surface area contributed by atoms with Crippen molar-refractivity contribution in [3.63, 3.8) is 0 Å². The molecular weight excluding hydrogens is 293 g/mol. The van der Waals surface area contributed by atoms with Crippen LogP contribution in [0.2, 0.25) is 0 Å². The van der Waals surface area contributed by atoms with Crippen molar-refractivity contribution in [2.45, 2.75) is 6.04 Å². The Balaban J connectivity index is 0.000000791. The van der Waals surface area contributed by atoms with E-state index in [-0.39, 0.29) is 5.70 Å². The first-order valence-electron chi connectivity index (χ1n) is 3.24. The molecule has 1 aliphatic heterocycles. The second-order valence-electron chi connectivity index (χ2n) is 2.12. The fourth-order valence-electron chi connectivity index (χ4n) is 0.740. The molecule has 82 valence electrons. The Kier molecular flexibility index (Phi) is 7.13. The van der Waals surface area contributed by atoms with Crippen LogP contribution in [0.4, 0.5) is 0 Å². The Morgan fingerprint density at radius 1 is 1.43 bits per heavy atom. The molecule has 0 aliphatic carbocycles. The first kappa shape index (κ1) is 13.9. The summed E-state index contributed by atoms with van der Waals surface area (Å²) in [5.41, 5.74) is 0.121. The van der Waals surface area contributed by atoms with E-state index in [0.29, 0.717) is 0 Å². The van der Waals surface area contributed by atoms with Gasteiger partial charge in [0.25, 0.3) is 0 Å². The van der Waals surface area contributed by atoms with Crippen LogP contribution in [0.5, 0.6) is 0 Å². The fourth-order valence-corrected chi connectivity index (χ4v) is 0.992. The van der Waals surface area contributed by atoms with E-state index in [1.807, 2.05) is 0 Å². The number of hydrogen-bond acceptors (Lipinski definition) is 4. The Bertz CT molecular complexity index is 293. The van der Waals surface area contributed by atoms with Gasteiger partial charge in [0.05, 0.1) is 0 Å². The standard InChI is InChI=1S/C7H6NO2S2.ClH.Cu/c9-6(11)4-2-1-3-5(8-4)7(10)12;;/h1-4H,(H,9,11)(H,10,12);1H;/q-1;;+1/p-3. The van der Waals surface area contributed by atoms with Crippen LogP contribution >= 0.6 is 10.1 Å². The molecule has 0 aromatic carbocycles. The number of carbonyl (C=O) groups is 2. The molecule has 1 unspecified atom stereocenters. The molecule has 0 fully saturated rings. The van der Waals surface area contributed by atoms with Gasteiger partial charge >= 0.3 is 25.2 Å². The van der Waals surface area contributed by atoms with Crippen molar-refractivity contribution in [1.29, 1.82) is 0 Å². The van der Waals surface area contributed by atoms with Crippen LogP contribution in [-0.2, 0) is 49.9 Å². The average molecular weight is 297 g/mol. The van der Waals surface area contributed by atoms with Crippen molar-refractivity contribution < 1.29 is 24.7 Å². The van der Waals surface area contributed by atoms with Crippen molar-refractivity contribution in [1.82, 2.24) is 0 Å². The summed E-state index contributed by atoms with van der Waals surface area (Å²) in [6.45, 7) is 0. The third kappa shape index (κ3) is 4.39. The third-order valence-electron chi connectivity index (χ3n) is 1.28. The fraction of sp³-hybridized carbons (Fsp3) is 0.143. The number of hydrogen-bond donors (Lipinski definition) is 0. The van der Waals surface area contributed by atoms with Crippen LogP contribution in [0.1, 0.15) is 0 Å². The van der Waals surface area contributed by atoms with Gasteiger partial charge in [-0.1, -0.05) is 24.3 Å². The molecule has 7 heteroatoms. The first-order chi connectivity index (χ1) is 6.61. The van der Waals surface area contributed by atoms with Gasteiger partial charge in [0.2, 0.25) is 0 Å². The van der Waals surface area contributed by atoms with Gasteiger partial charge in [-0.05, 0) is 0 Å². The first-order valence-corrected chi connectivity index (χ1v) is 5.35. The number of nitrogens with zero attached hydrogens (tertiary/aromatic N) is 1. The van der Waals surface area contributed by atoms with E-state index in [1.165, 1.54) is 12.2 Å². The second-order valence-corrected chi connectivity index (χ2v) is 2.89. The molecule has 14 heavy (non-hydrogen) atoms. The van der Waals surface area contributed by atoms with Crippen LogP contribution in [0.15, 0.2) is 23.9 Å². The van der Waals surface area contributed by atoms with E-state index in [4.69, 9.17) is 0 Å². The molecule has 1 aliphatic rings. The topological polar surface area (TPSA) is 48.2 Å². The normalized spacial score (nSPS) is 18.5. The Morgan fingerprint density at radius 3 is 2.43 bits per heavy atom. The van der Waals surface area contributed by atoms with Gasteiger partial charge in [0.1, 0.15) is 0 Å². The van der Waals surface area contributed by atoms with Crippen LogP contribution in [-0.4, -0.2) is 16.3 Å². The molecule has 0 saturated heterocycles. The molecule has 0 aromatic rings. The summed E-state index contributed by atoms with van der Waals surface area (Å²) >= 11 is 12.4. The summed E-state index contributed by atoms with van der Waals surface area (Å²) in [6.07, 6.45) is 4.54. The molecule has 0 amide bonds. The number of rotatable bonds is 2. The number of carbonyl (C=O) groups excluding carboxylic acids is 2. The monoisotopic (exact) mass is 296 g/mol. The summed E-state index contributed by atoms with van der Waals surface area (Å²) in [5, 5.41) is 2.67. The predicted molar refractivity (Wildman–Crippen MR) is 55.0 cm³/mol. The summed E-state index contributed by atoms with van der Waals surface area (Å²) in [6, 6.07) is -0.716. The molecule has 0 bridgehead atoms. The van der Waals surface area contributed by atoms with Gasteiger partial charge in [-0.25, -0.2) is 0 Å². The minimum absolute atomic E-state index is 0.121. The van der Waals surface area contributed by atoms with E-state index < -0.39 is 16.3 Å². The van der Waals surface area contributed by atoms with Crippen molar-refractivity contribution in [2.24, 2.45) is 0 Å². The van der Waals surface area contributed by atoms with Crippen molar-refractivity contribution in [3.8, 4) is 0 Å². The molecule has 0 aromatic heterocycles. The molecule has 0 radical (unpaired) electrons. The second kappa shape index (κ2) is 7.20. The Labute approximate surface area is 105 Å². The van der Waals surface area contributed by atoms with Crippen LogP contribution in [0.3, 0.4) is 0 Å². The molecule has 0 N–H and O–H groups in total. The predicted octanol–water partition coefficient (Wildman–Crippen LogP) is 1.02. The van der Waals surface area contributed by atoms with Crippen molar-refractivity contribution in [2.75, 3.05) is 0 Å². The van der Waals surface area contributed by atoms with Crippen molar-refractivity contribution in [3.05, 3.63) is 29.2 Å². The van der Waals surface area contributed by atoms with Gasteiger partial charge in [0, 0.05) is 10.2 Å². The molecule has 1 heterocycles. The summed E-state index contributed by atoms with van der Waals surface area (Å²) in [4.78, 5) is 21.3. The quantitative estimate of drug-likeness (QED) is 0.564. The van der Waals surface area contributed by atoms with E-state index in [1.54, 1.807) is 6.08 Å². The average Bonchev–Trinajstić information content (AvgIpc) is 2.21. The minimum atomic E-state index is -0.716. The molecule has 3 nitrogen and oxygen atoms in total. The zero-order valence-corrected chi connectivity index (χ0v) is 9.90. The number of halogens is 1. The zero-order chi connectivity index (χ0) is 11.1. The molecular formula is C7H4ClCuNO2S2-3. The molecule has 1 rings (SSSR count).